The molecule has 0 radical (unpaired) electrons. The van der Waals surface area contributed by atoms with Crippen LogP contribution in [0.15, 0.2) is 12.4 Å². The Hall–Kier alpha value is -1.16. The number of hydrogen-bond donors (Lipinski definition) is 0. The minimum absolute atomic E-state index is 0.0761. The second-order valence-electron chi connectivity index (χ2n) is 5.22. The number of piperidine rings is 1. The summed E-state index contributed by atoms with van der Waals surface area (Å²) in [7, 11) is 0. The normalized spacial score (nSPS) is 19.1. The van der Waals surface area contributed by atoms with Gasteiger partial charge in [-0.05, 0) is 18.3 Å². The molecule has 2 heterocycles. The van der Waals surface area contributed by atoms with Gasteiger partial charge in [0, 0.05) is 13.1 Å². The second-order valence-corrected chi connectivity index (χ2v) is 5.61. The van der Waals surface area contributed by atoms with Crippen molar-refractivity contribution < 1.29 is 4.79 Å². The van der Waals surface area contributed by atoms with Crippen molar-refractivity contribution >= 4 is 17.5 Å². The van der Waals surface area contributed by atoms with Crippen LogP contribution < -0.4 is 0 Å². The van der Waals surface area contributed by atoms with Gasteiger partial charge in [0.05, 0.1) is 12.4 Å². The Morgan fingerprint density at radius 3 is 2.88 bits per heavy atom. The first kappa shape index (κ1) is 12.3. The van der Waals surface area contributed by atoms with Crippen LogP contribution in [-0.4, -0.2) is 33.9 Å². The first-order valence-electron chi connectivity index (χ1n) is 5.75. The van der Waals surface area contributed by atoms with E-state index in [0.717, 1.165) is 25.9 Å². The molecule has 1 saturated heterocycles. The van der Waals surface area contributed by atoms with E-state index in [1.807, 2.05) is 4.90 Å². The van der Waals surface area contributed by atoms with Crippen molar-refractivity contribution in [1.29, 1.82) is 0 Å². The van der Waals surface area contributed by atoms with Crippen molar-refractivity contribution in [3.63, 3.8) is 0 Å². The van der Waals surface area contributed by atoms with E-state index in [9.17, 15) is 4.79 Å². The summed E-state index contributed by atoms with van der Waals surface area (Å²) in [5.41, 5.74) is 0.509. The number of amides is 1. The lowest BCUT2D eigenvalue weighted by Crippen LogP contribution is -2.43. The summed E-state index contributed by atoms with van der Waals surface area (Å²) in [5.74, 6) is -0.0761. The molecule has 17 heavy (non-hydrogen) atoms. The second kappa shape index (κ2) is 4.61. The van der Waals surface area contributed by atoms with Gasteiger partial charge in [-0.3, -0.25) is 9.78 Å². The number of rotatable bonds is 1. The van der Waals surface area contributed by atoms with Crippen LogP contribution in [0.4, 0.5) is 0 Å². The Labute approximate surface area is 106 Å². The Balaban J connectivity index is 2.15. The zero-order valence-corrected chi connectivity index (χ0v) is 10.9. The van der Waals surface area contributed by atoms with Crippen molar-refractivity contribution in [2.75, 3.05) is 13.1 Å². The van der Waals surface area contributed by atoms with Crippen molar-refractivity contribution in [3.05, 3.63) is 23.2 Å². The average molecular weight is 254 g/mol. The Morgan fingerprint density at radius 2 is 2.24 bits per heavy atom. The molecule has 1 fully saturated rings. The molecule has 1 amide bonds. The Kier molecular flexibility index (Phi) is 3.33. The molecule has 92 valence electrons. The Bertz CT molecular complexity index is 434. The van der Waals surface area contributed by atoms with Crippen LogP contribution in [0.25, 0.3) is 0 Å². The molecule has 1 aliphatic rings. The smallest absolute Gasteiger partial charge is 0.274 e. The van der Waals surface area contributed by atoms with E-state index in [4.69, 9.17) is 11.6 Å². The van der Waals surface area contributed by atoms with Gasteiger partial charge in [-0.2, -0.15) is 0 Å². The number of halogens is 1. The fourth-order valence-corrected chi connectivity index (χ4v) is 2.35. The zero-order valence-electron chi connectivity index (χ0n) is 10.1. The molecule has 0 saturated carbocycles. The lowest BCUT2D eigenvalue weighted by Gasteiger charge is -2.37. The van der Waals surface area contributed by atoms with Gasteiger partial charge in [0.2, 0.25) is 0 Å². The molecule has 1 aliphatic heterocycles. The maximum absolute atomic E-state index is 12.2. The van der Waals surface area contributed by atoms with Crippen LogP contribution in [0, 0.1) is 5.41 Å². The van der Waals surface area contributed by atoms with Gasteiger partial charge < -0.3 is 4.90 Å². The highest BCUT2D eigenvalue weighted by Crippen LogP contribution is 2.28. The van der Waals surface area contributed by atoms with Crippen LogP contribution in [0.1, 0.15) is 37.2 Å². The van der Waals surface area contributed by atoms with Crippen molar-refractivity contribution in [2.24, 2.45) is 5.41 Å². The molecule has 0 aromatic carbocycles. The highest BCUT2D eigenvalue weighted by molar-refractivity contribution is 6.29. The third kappa shape index (κ3) is 2.94. The summed E-state index contributed by atoms with van der Waals surface area (Å²) >= 11 is 5.74. The predicted octanol–water partition coefficient (Wildman–Crippen LogP) is 2.39. The molecular weight excluding hydrogens is 238 g/mol. The predicted molar refractivity (Wildman–Crippen MR) is 66.0 cm³/mol. The monoisotopic (exact) mass is 253 g/mol. The van der Waals surface area contributed by atoms with E-state index >= 15 is 0 Å². The largest absolute Gasteiger partial charge is 0.337 e. The van der Waals surface area contributed by atoms with Gasteiger partial charge in [-0.25, -0.2) is 4.98 Å². The number of nitrogens with zero attached hydrogens (tertiary/aromatic N) is 3. The summed E-state index contributed by atoms with van der Waals surface area (Å²) < 4.78 is 0. The first-order valence-corrected chi connectivity index (χ1v) is 6.13. The van der Waals surface area contributed by atoms with E-state index in [1.165, 1.54) is 12.4 Å². The molecule has 0 aliphatic carbocycles. The summed E-state index contributed by atoms with van der Waals surface area (Å²) in [6.07, 6.45) is 5.08. The third-order valence-electron chi connectivity index (χ3n) is 3.01. The van der Waals surface area contributed by atoms with E-state index < -0.39 is 0 Å². The molecule has 5 heteroatoms. The highest BCUT2D eigenvalue weighted by atomic mass is 35.5. The van der Waals surface area contributed by atoms with Crippen molar-refractivity contribution in [2.45, 2.75) is 26.7 Å². The van der Waals surface area contributed by atoms with Crippen LogP contribution >= 0.6 is 11.6 Å². The van der Waals surface area contributed by atoms with E-state index in [0.29, 0.717) is 5.69 Å². The van der Waals surface area contributed by atoms with Gasteiger partial charge in [-0.1, -0.05) is 25.4 Å². The van der Waals surface area contributed by atoms with Crippen molar-refractivity contribution in [1.82, 2.24) is 14.9 Å². The molecule has 0 atom stereocenters. The Morgan fingerprint density at radius 1 is 1.47 bits per heavy atom. The van der Waals surface area contributed by atoms with Crippen LogP contribution in [0.2, 0.25) is 5.15 Å². The quantitative estimate of drug-likeness (QED) is 0.772. The fourth-order valence-electron chi connectivity index (χ4n) is 2.20. The lowest BCUT2D eigenvalue weighted by atomic mass is 9.84. The van der Waals surface area contributed by atoms with Gasteiger partial charge in [-0.15, -0.1) is 0 Å². The summed E-state index contributed by atoms with van der Waals surface area (Å²) in [6, 6.07) is 0. The molecule has 0 bridgehead atoms. The summed E-state index contributed by atoms with van der Waals surface area (Å²) in [6.45, 7) is 5.91. The summed E-state index contributed by atoms with van der Waals surface area (Å²) in [5, 5.41) is 0.257. The minimum atomic E-state index is -0.0761. The maximum Gasteiger partial charge on any atom is 0.274 e. The number of aromatic nitrogens is 2. The topological polar surface area (TPSA) is 46.1 Å². The maximum atomic E-state index is 12.2. The molecule has 2 rings (SSSR count). The highest BCUT2D eigenvalue weighted by Gasteiger charge is 2.30. The minimum Gasteiger partial charge on any atom is -0.337 e. The van der Waals surface area contributed by atoms with Crippen LogP contribution in [0.3, 0.4) is 0 Å². The summed E-state index contributed by atoms with van der Waals surface area (Å²) in [4.78, 5) is 21.9. The van der Waals surface area contributed by atoms with E-state index in [-0.39, 0.29) is 16.5 Å². The molecule has 0 unspecified atom stereocenters. The fraction of sp³-hybridized carbons (Fsp3) is 0.583. The third-order valence-corrected chi connectivity index (χ3v) is 3.19. The SMILES string of the molecule is CC1(C)CCCN(C(=O)c2cncc(Cl)n2)C1. The molecule has 1 aromatic heterocycles. The molecule has 0 N–H and O–H groups in total. The van der Waals surface area contributed by atoms with Gasteiger partial charge in [0.1, 0.15) is 10.8 Å². The molecule has 4 nitrogen and oxygen atoms in total. The number of hydrogen-bond acceptors (Lipinski definition) is 3. The van der Waals surface area contributed by atoms with E-state index in [2.05, 4.69) is 23.8 Å². The molecule has 0 spiro atoms. The van der Waals surface area contributed by atoms with Gasteiger partial charge in [0.25, 0.3) is 5.91 Å². The van der Waals surface area contributed by atoms with Crippen LogP contribution in [0.5, 0.6) is 0 Å². The first-order chi connectivity index (χ1) is 7.98. The molecular formula is C12H16ClN3O. The zero-order chi connectivity index (χ0) is 12.5. The number of likely N-dealkylation sites (tertiary alicyclic amines) is 1. The molecule has 1 aromatic rings. The lowest BCUT2D eigenvalue weighted by molar-refractivity contribution is 0.0577. The van der Waals surface area contributed by atoms with Crippen LogP contribution in [-0.2, 0) is 0 Å². The van der Waals surface area contributed by atoms with Crippen molar-refractivity contribution in [3.8, 4) is 0 Å². The number of carbonyl (C=O) groups excluding carboxylic acids is 1. The van der Waals surface area contributed by atoms with Gasteiger partial charge in [0.15, 0.2) is 0 Å². The average Bonchev–Trinajstić information content (AvgIpc) is 2.26. The van der Waals surface area contributed by atoms with E-state index in [1.54, 1.807) is 0 Å². The van der Waals surface area contributed by atoms with Gasteiger partial charge >= 0.3 is 0 Å². The standard InChI is InChI=1S/C12H16ClN3O/c1-12(2)4-3-5-16(8-12)11(17)9-6-14-7-10(13)15-9/h6-7H,3-5,8H2,1-2H3. The number of carbonyl (C=O) groups is 1.